The number of piperazine rings is 1. The fourth-order valence-corrected chi connectivity index (χ4v) is 2.33. The van der Waals surface area contributed by atoms with Gasteiger partial charge in [0.25, 0.3) is 0 Å². The van der Waals surface area contributed by atoms with E-state index in [2.05, 4.69) is 28.4 Å². The van der Waals surface area contributed by atoms with Gasteiger partial charge in [-0.25, -0.2) is 0 Å². The number of carbonyl (C=O) groups excluding carboxylic acids is 1. The molecule has 0 aliphatic carbocycles. The van der Waals surface area contributed by atoms with Crippen molar-refractivity contribution >= 4 is 5.91 Å². The van der Waals surface area contributed by atoms with Gasteiger partial charge in [-0.05, 0) is 19.8 Å². The maximum absolute atomic E-state index is 12.0. The third-order valence-electron chi connectivity index (χ3n) is 3.68. The van der Waals surface area contributed by atoms with Crippen molar-refractivity contribution in [1.82, 2.24) is 15.5 Å². The summed E-state index contributed by atoms with van der Waals surface area (Å²) in [6.07, 6.45) is 7.08. The van der Waals surface area contributed by atoms with Crippen LogP contribution in [-0.4, -0.2) is 48.6 Å². The largest absolute Gasteiger partial charge is 0.339 e. The van der Waals surface area contributed by atoms with Crippen LogP contribution >= 0.6 is 0 Å². The fourth-order valence-electron chi connectivity index (χ4n) is 2.33. The molecule has 0 saturated carbocycles. The van der Waals surface area contributed by atoms with Crippen LogP contribution in [0.2, 0.25) is 0 Å². The minimum atomic E-state index is -0.475. The highest BCUT2D eigenvalue weighted by Crippen LogP contribution is 2.13. The second-order valence-corrected chi connectivity index (χ2v) is 5.07. The number of hydrogen-bond donors (Lipinski definition) is 2. The number of nitrogens with zero attached hydrogens (tertiary/aromatic N) is 1. The number of carbonyl (C=O) groups is 1. The molecule has 0 spiro atoms. The Bertz CT molecular complexity index is 317. The Morgan fingerprint density at radius 1 is 1.56 bits per heavy atom. The Morgan fingerprint density at radius 2 is 2.22 bits per heavy atom. The van der Waals surface area contributed by atoms with Gasteiger partial charge in [0, 0.05) is 25.7 Å². The van der Waals surface area contributed by atoms with Crippen LogP contribution in [0, 0.1) is 12.3 Å². The predicted octanol–water partition coefficient (Wildman–Crippen LogP) is 0.588. The van der Waals surface area contributed by atoms with Crippen molar-refractivity contribution < 1.29 is 4.79 Å². The van der Waals surface area contributed by atoms with Gasteiger partial charge in [-0.3, -0.25) is 9.69 Å². The van der Waals surface area contributed by atoms with Crippen LogP contribution in [0.1, 0.15) is 33.6 Å². The molecule has 4 heteroatoms. The summed E-state index contributed by atoms with van der Waals surface area (Å²) in [5.41, 5.74) is -0.475. The lowest BCUT2D eigenvalue weighted by atomic mass is 9.94. The minimum Gasteiger partial charge on any atom is -0.339 e. The third kappa shape index (κ3) is 4.01. The molecule has 0 aromatic heterocycles. The van der Waals surface area contributed by atoms with Crippen LogP contribution in [-0.2, 0) is 4.79 Å². The van der Waals surface area contributed by atoms with E-state index in [1.165, 1.54) is 0 Å². The van der Waals surface area contributed by atoms with Crippen molar-refractivity contribution in [1.29, 1.82) is 0 Å². The average Bonchev–Trinajstić information content (AvgIpc) is 2.36. The molecule has 102 valence electrons. The lowest BCUT2D eigenvalue weighted by molar-refractivity contribution is -0.123. The number of terminal acetylenes is 1. The average molecular weight is 251 g/mol. The highest BCUT2D eigenvalue weighted by Gasteiger charge is 2.26. The molecule has 1 fully saturated rings. The number of nitrogens with one attached hydrogen (secondary N) is 2. The molecule has 18 heavy (non-hydrogen) atoms. The summed E-state index contributed by atoms with van der Waals surface area (Å²) in [5.74, 6) is 2.76. The normalized spacial score (nSPS) is 21.3. The standard InChI is InChI=1S/C14H25N3O/c1-5-14(6-2,7-3)16-13(18)11-17-9-8-15-12(4)10-17/h1,12,15H,6-11H2,2-4H3,(H,16,18)/t12-/m0/s1. The molecule has 0 radical (unpaired) electrons. The molecular weight excluding hydrogens is 226 g/mol. The molecule has 0 aromatic rings. The van der Waals surface area contributed by atoms with Crippen LogP contribution in [0.5, 0.6) is 0 Å². The summed E-state index contributed by atoms with van der Waals surface area (Å²) < 4.78 is 0. The topological polar surface area (TPSA) is 44.4 Å². The van der Waals surface area contributed by atoms with E-state index in [-0.39, 0.29) is 5.91 Å². The molecule has 1 atom stereocenters. The lowest BCUT2D eigenvalue weighted by Gasteiger charge is -2.33. The van der Waals surface area contributed by atoms with Crippen molar-refractivity contribution in [3.63, 3.8) is 0 Å². The molecule has 0 bridgehead atoms. The molecule has 1 amide bonds. The summed E-state index contributed by atoms with van der Waals surface area (Å²) >= 11 is 0. The minimum absolute atomic E-state index is 0.0331. The van der Waals surface area contributed by atoms with E-state index in [4.69, 9.17) is 6.42 Å². The van der Waals surface area contributed by atoms with Crippen LogP contribution < -0.4 is 10.6 Å². The first-order chi connectivity index (χ1) is 8.55. The van der Waals surface area contributed by atoms with Gasteiger partial charge < -0.3 is 10.6 Å². The van der Waals surface area contributed by atoms with E-state index in [1.54, 1.807) is 0 Å². The third-order valence-corrected chi connectivity index (χ3v) is 3.68. The Kier molecular flexibility index (Phi) is 5.64. The lowest BCUT2D eigenvalue weighted by Crippen LogP contribution is -2.54. The van der Waals surface area contributed by atoms with E-state index in [1.807, 2.05) is 13.8 Å². The molecule has 2 N–H and O–H groups in total. The molecule has 1 saturated heterocycles. The monoisotopic (exact) mass is 251 g/mol. The Balaban J connectivity index is 2.48. The SMILES string of the molecule is C#CC(CC)(CC)NC(=O)CN1CCN[C@@H](C)C1. The molecule has 1 heterocycles. The maximum atomic E-state index is 12.0. The highest BCUT2D eigenvalue weighted by molar-refractivity contribution is 5.79. The summed E-state index contributed by atoms with van der Waals surface area (Å²) in [5, 5.41) is 6.37. The van der Waals surface area contributed by atoms with E-state index in [0.717, 1.165) is 32.5 Å². The van der Waals surface area contributed by atoms with Crippen molar-refractivity contribution in [3.05, 3.63) is 0 Å². The van der Waals surface area contributed by atoms with Crippen LogP contribution in [0.15, 0.2) is 0 Å². The summed E-state index contributed by atoms with van der Waals surface area (Å²) in [6, 6.07) is 0.446. The molecule has 4 nitrogen and oxygen atoms in total. The Morgan fingerprint density at radius 3 is 2.72 bits per heavy atom. The first-order valence-electron chi connectivity index (χ1n) is 6.79. The summed E-state index contributed by atoms with van der Waals surface area (Å²) in [6.45, 7) is 9.36. The number of amides is 1. The Labute approximate surface area is 110 Å². The van der Waals surface area contributed by atoms with Crippen LogP contribution in [0.25, 0.3) is 0 Å². The summed E-state index contributed by atoms with van der Waals surface area (Å²) in [7, 11) is 0. The van der Waals surface area contributed by atoms with Crippen LogP contribution in [0.4, 0.5) is 0 Å². The number of rotatable bonds is 5. The van der Waals surface area contributed by atoms with Gasteiger partial charge in [-0.1, -0.05) is 19.8 Å². The van der Waals surface area contributed by atoms with Gasteiger partial charge in [-0.15, -0.1) is 6.42 Å². The van der Waals surface area contributed by atoms with Crippen LogP contribution in [0.3, 0.4) is 0 Å². The van der Waals surface area contributed by atoms with E-state index in [9.17, 15) is 4.79 Å². The van der Waals surface area contributed by atoms with Crippen molar-refractivity contribution in [2.45, 2.75) is 45.2 Å². The first-order valence-corrected chi connectivity index (χ1v) is 6.79. The Hall–Kier alpha value is -1.05. The first kappa shape index (κ1) is 15.0. The van der Waals surface area contributed by atoms with Crippen molar-refractivity contribution in [2.75, 3.05) is 26.2 Å². The van der Waals surface area contributed by atoms with Crippen molar-refractivity contribution in [2.24, 2.45) is 0 Å². The van der Waals surface area contributed by atoms with Gasteiger partial charge in [-0.2, -0.15) is 0 Å². The van der Waals surface area contributed by atoms with Gasteiger partial charge in [0.15, 0.2) is 0 Å². The maximum Gasteiger partial charge on any atom is 0.235 e. The van der Waals surface area contributed by atoms with E-state index < -0.39 is 5.54 Å². The number of hydrogen-bond acceptors (Lipinski definition) is 3. The zero-order valence-corrected chi connectivity index (χ0v) is 11.8. The zero-order valence-electron chi connectivity index (χ0n) is 11.8. The van der Waals surface area contributed by atoms with Gasteiger partial charge in [0.1, 0.15) is 5.54 Å². The van der Waals surface area contributed by atoms with Gasteiger partial charge in [0.05, 0.1) is 6.54 Å². The molecule has 1 rings (SSSR count). The van der Waals surface area contributed by atoms with E-state index in [0.29, 0.717) is 12.6 Å². The quantitative estimate of drug-likeness (QED) is 0.703. The predicted molar refractivity (Wildman–Crippen MR) is 74.2 cm³/mol. The van der Waals surface area contributed by atoms with Gasteiger partial charge >= 0.3 is 0 Å². The zero-order chi connectivity index (χ0) is 13.6. The fraction of sp³-hybridized carbons (Fsp3) is 0.786. The summed E-state index contributed by atoms with van der Waals surface area (Å²) in [4.78, 5) is 14.2. The second kappa shape index (κ2) is 6.77. The molecular formula is C14H25N3O. The highest BCUT2D eigenvalue weighted by atomic mass is 16.2. The molecule has 0 unspecified atom stereocenters. The smallest absolute Gasteiger partial charge is 0.235 e. The van der Waals surface area contributed by atoms with Crippen molar-refractivity contribution in [3.8, 4) is 12.3 Å². The van der Waals surface area contributed by atoms with Gasteiger partial charge in [0.2, 0.25) is 5.91 Å². The second-order valence-electron chi connectivity index (χ2n) is 5.07. The van der Waals surface area contributed by atoms with E-state index >= 15 is 0 Å². The molecule has 1 aliphatic heterocycles. The molecule has 1 aliphatic rings. The molecule has 0 aromatic carbocycles.